The van der Waals surface area contributed by atoms with E-state index in [2.05, 4.69) is 9.88 Å². The number of rotatable bonds is 4. The Balaban J connectivity index is 1.50. The van der Waals surface area contributed by atoms with E-state index in [4.69, 9.17) is 4.42 Å². The first-order valence-electron chi connectivity index (χ1n) is 7.64. The van der Waals surface area contributed by atoms with Crippen LogP contribution in [-0.2, 0) is 11.3 Å². The van der Waals surface area contributed by atoms with E-state index in [1.807, 2.05) is 11.8 Å². The van der Waals surface area contributed by atoms with Crippen LogP contribution in [0.5, 0.6) is 0 Å². The highest BCUT2D eigenvalue weighted by molar-refractivity contribution is 5.79. The van der Waals surface area contributed by atoms with Crippen LogP contribution in [0.2, 0.25) is 0 Å². The quantitative estimate of drug-likeness (QED) is 0.849. The van der Waals surface area contributed by atoms with E-state index in [9.17, 15) is 9.18 Å². The van der Waals surface area contributed by atoms with Gasteiger partial charge in [0.1, 0.15) is 6.26 Å². The van der Waals surface area contributed by atoms with Gasteiger partial charge in [-0.2, -0.15) is 0 Å². The van der Waals surface area contributed by atoms with E-state index in [-0.39, 0.29) is 24.5 Å². The fraction of sp³-hybridized carbons (Fsp3) is 0.733. The van der Waals surface area contributed by atoms with Crippen LogP contribution in [-0.4, -0.2) is 53.0 Å². The zero-order valence-corrected chi connectivity index (χ0v) is 12.4. The third kappa shape index (κ3) is 3.26. The van der Waals surface area contributed by atoms with Crippen LogP contribution in [0.1, 0.15) is 30.8 Å². The number of alkyl halides is 1. The molecule has 0 spiro atoms. The minimum atomic E-state index is -0.382. The SMILES string of the molecule is Cc1nc(CN2CCC(N3CC(CF)CC3=O)CC2)co1. The normalized spacial score (nSPS) is 25.0. The standard InChI is InChI=1S/C15H22FN3O2/c1-11-17-13(10-21-11)9-18-4-2-14(3-5-18)19-8-12(7-16)6-15(19)20/h10,12,14H,2-9H2,1H3. The van der Waals surface area contributed by atoms with Crippen LogP contribution in [0.25, 0.3) is 0 Å². The predicted molar refractivity (Wildman–Crippen MR) is 75.3 cm³/mol. The second-order valence-electron chi connectivity index (χ2n) is 6.14. The van der Waals surface area contributed by atoms with Crippen LogP contribution in [0.15, 0.2) is 10.7 Å². The van der Waals surface area contributed by atoms with E-state index in [0.29, 0.717) is 18.9 Å². The van der Waals surface area contributed by atoms with Crippen LogP contribution in [0.3, 0.4) is 0 Å². The molecule has 0 radical (unpaired) electrons. The minimum absolute atomic E-state index is 0.0892. The monoisotopic (exact) mass is 295 g/mol. The average molecular weight is 295 g/mol. The van der Waals surface area contributed by atoms with Gasteiger partial charge in [-0.05, 0) is 12.8 Å². The smallest absolute Gasteiger partial charge is 0.223 e. The van der Waals surface area contributed by atoms with Crippen LogP contribution in [0.4, 0.5) is 4.39 Å². The van der Waals surface area contributed by atoms with Gasteiger partial charge in [-0.15, -0.1) is 0 Å². The van der Waals surface area contributed by atoms with Crippen molar-refractivity contribution in [1.82, 2.24) is 14.8 Å². The predicted octanol–water partition coefficient (Wildman–Crippen LogP) is 1.77. The number of nitrogens with zero attached hydrogens (tertiary/aromatic N) is 3. The summed E-state index contributed by atoms with van der Waals surface area (Å²) in [6.07, 6.45) is 4.01. The van der Waals surface area contributed by atoms with Crippen molar-refractivity contribution in [3.05, 3.63) is 17.8 Å². The number of carbonyl (C=O) groups excluding carboxylic acids is 1. The summed E-state index contributed by atoms with van der Waals surface area (Å²) >= 11 is 0. The topological polar surface area (TPSA) is 49.6 Å². The minimum Gasteiger partial charge on any atom is -0.449 e. The first-order chi connectivity index (χ1) is 10.2. The number of hydrogen-bond acceptors (Lipinski definition) is 4. The number of likely N-dealkylation sites (tertiary alicyclic amines) is 2. The van der Waals surface area contributed by atoms with Crippen LogP contribution < -0.4 is 0 Å². The summed E-state index contributed by atoms with van der Waals surface area (Å²) in [5.74, 6) is 0.733. The molecular formula is C15H22FN3O2. The fourth-order valence-corrected chi connectivity index (χ4v) is 3.36. The van der Waals surface area contributed by atoms with E-state index in [1.165, 1.54) is 0 Å². The third-order valence-corrected chi connectivity index (χ3v) is 4.51. The Morgan fingerprint density at radius 2 is 2.19 bits per heavy atom. The summed E-state index contributed by atoms with van der Waals surface area (Å²) in [6.45, 7) is 4.75. The van der Waals surface area contributed by atoms with Crippen LogP contribution >= 0.6 is 0 Å². The molecule has 0 aliphatic carbocycles. The Bertz CT molecular complexity index is 497. The lowest BCUT2D eigenvalue weighted by molar-refractivity contribution is -0.130. The molecule has 2 fully saturated rings. The second kappa shape index (κ2) is 6.13. The molecule has 5 nitrogen and oxygen atoms in total. The van der Waals surface area contributed by atoms with Gasteiger partial charge in [0.2, 0.25) is 5.91 Å². The van der Waals surface area contributed by atoms with Crippen molar-refractivity contribution in [1.29, 1.82) is 0 Å². The maximum atomic E-state index is 12.7. The Morgan fingerprint density at radius 1 is 1.43 bits per heavy atom. The largest absolute Gasteiger partial charge is 0.449 e. The van der Waals surface area contributed by atoms with Gasteiger partial charge in [0.05, 0.1) is 12.4 Å². The number of hydrogen-bond donors (Lipinski definition) is 0. The summed E-state index contributed by atoms with van der Waals surface area (Å²) in [5.41, 5.74) is 0.959. The van der Waals surface area contributed by atoms with E-state index in [0.717, 1.165) is 38.2 Å². The maximum absolute atomic E-state index is 12.7. The molecular weight excluding hydrogens is 273 g/mol. The Hall–Kier alpha value is -1.43. The maximum Gasteiger partial charge on any atom is 0.223 e. The summed E-state index contributed by atoms with van der Waals surface area (Å²) in [5, 5.41) is 0. The number of aromatic nitrogens is 1. The second-order valence-corrected chi connectivity index (χ2v) is 6.14. The van der Waals surface area contributed by atoms with Crippen LogP contribution in [0, 0.1) is 12.8 Å². The van der Waals surface area contributed by atoms with Crippen molar-refractivity contribution < 1.29 is 13.6 Å². The molecule has 116 valence electrons. The molecule has 1 unspecified atom stereocenters. The molecule has 2 saturated heterocycles. The highest BCUT2D eigenvalue weighted by Crippen LogP contribution is 2.26. The molecule has 3 rings (SSSR count). The number of halogens is 1. The molecule has 0 N–H and O–H groups in total. The van der Waals surface area contributed by atoms with Crippen molar-refractivity contribution in [2.24, 2.45) is 5.92 Å². The summed E-state index contributed by atoms with van der Waals surface area (Å²) in [6, 6.07) is 0.282. The summed E-state index contributed by atoms with van der Waals surface area (Å²) in [4.78, 5) is 20.5. The van der Waals surface area contributed by atoms with Gasteiger partial charge in [0.15, 0.2) is 5.89 Å². The van der Waals surface area contributed by atoms with Gasteiger partial charge < -0.3 is 9.32 Å². The van der Waals surface area contributed by atoms with Crippen molar-refractivity contribution in [3.63, 3.8) is 0 Å². The summed E-state index contributed by atoms with van der Waals surface area (Å²) in [7, 11) is 0. The highest BCUT2D eigenvalue weighted by Gasteiger charge is 2.35. The lowest BCUT2D eigenvalue weighted by Gasteiger charge is -2.36. The Kier molecular flexibility index (Phi) is 4.24. The first kappa shape index (κ1) is 14.5. The van der Waals surface area contributed by atoms with Crippen molar-refractivity contribution >= 4 is 5.91 Å². The molecule has 3 heterocycles. The molecule has 1 aromatic rings. The number of amides is 1. The van der Waals surface area contributed by atoms with E-state index < -0.39 is 0 Å². The van der Waals surface area contributed by atoms with Gasteiger partial charge in [0, 0.05) is 51.5 Å². The number of aryl methyl sites for hydroxylation is 1. The van der Waals surface area contributed by atoms with E-state index in [1.54, 1.807) is 6.26 Å². The Morgan fingerprint density at radius 3 is 2.76 bits per heavy atom. The molecule has 0 bridgehead atoms. The molecule has 0 saturated carbocycles. The molecule has 21 heavy (non-hydrogen) atoms. The lowest BCUT2D eigenvalue weighted by atomic mass is 10.0. The summed E-state index contributed by atoms with van der Waals surface area (Å²) < 4.78 is 17.9. The number of oxazole rings is 1. The average Bonchev–Trinajstić information content (AvgIpc) is 3.06. The molecule has 2 aliphatic heterocycles. The zero-order chi connectivity index (χ0) is 14.8. The molecule has 6 heteroatoms. The zero-order valence-electron chi connectivity index (χ0n) is 12.4. The van der Waals surface area contributed by atoms with Crippen molar-refractivity contribution in [3.8, 4) is 0 Å². The van der Waals surface area contributed by atoms with Crippen molar-refractivity contribution in [2.75, 3.05) is 26.3 Å². The fourth-order valence-electron chi connectivity index (χ4n) is 3.36. The van der Waals surface area contributed by atoms with Gasteiger partial charge in [0.25, 0.3) is 0 Å². The Labute approximate surface area is 124 Å². The van der Waals surface area contributed by atoms with Gasteiger partial charge >= 0.3 is 0 Å². The molecule has 1 aromatic heterocycles. The highest BCUT2D eigenvalue weighted by atomic mass is 19.1. The van der Waals surface area contributed by atoms with Gasteiger partial charge in [-0.3, -0.25) is 14.1 Å². The first-order valence-corrected chi connectivity index (χ1v) is 7.64. The molecule has 1 atom stereocenters. The molecule has 2 aliphatic rings. The third-order valence-electron chi connectivity index (χ3n) is 4.51. The number of piperidine rings is 1. The van der Waals surface area contributed by atoms with Gasteiger partial charge in [-0.25, -0.2) is 4.98 Å². The lowest BCUT2D eigenvalue weighted by Crippen LogP contribution is -2.45. The van der Waals surface area contributed by atoms with Gasteiger partial charge in [-0.1, -0.05) is 0 Å². The molecule has 1 amide bonds. The van der Waals surface area contributed by atoms with E-state index >= 15 is 0 Å². The van der Waals surface area contributed by atoms with Crippen molar-refractivity contribution in [2.45, 2.75) is 38.8 Å². The number of carbonyl (C=O) groups is 1. The molecule has 0 aromatic carbocycles.